The molecule has 1 unspecified atom stereocenters. The fourth-order valence-electron chi connectivity index (χ4n) is 3.65. The maximum Gasteiger partial charge on any atom is 0.0326 e. The van der Waals surface area contributed by atoms with E-state index >= 15 is 0 Å². The first-order valence-corrected chi connectivity index (χ1v) is 7.70. The van der Waals surface area contributed by atoms with Crippen molar-refractivity contribution in [2.24, 2.45) is 11.7 Å². The molecule has 1 atom stereocenters. The van der Waals surface area contributed by atoms with E-state index in [4.69, 9.17) is 5.73 Å². The minimum absolute atomic E-state index is 0.280. The monoisotopic (exact) mass is 243 g/mol. The van der Waals surface area contributed by atoms with Crippen LogP contribution >= 0.6 is 0 Å². The molecule has 0 saturated heterocycles. The number of benzene rings is 1. The lowest BCUT2D eigenvalue weighted by atomic mass is 9.74. The molecule has 98 valence electrons. The number of rotatable bonds is 3. The Labute approximate surface area is 111 Å². The summed E-state index contributed by atoms with van der Waals surface area (Å²) in [6, 6.07) is 9.24. The van der Waals surface area contributed by atoms with Crippen molar-refractivity contribution in [3.8, 4) is 0 Å². The van der Waals surface area contributed by atoms with Crippen LogP contribution in [0.2, 0.25) is 0 Å². The van der Waals surface area contributed by atoms with Crippen LogP contribution in [0.15, 0.2) is 24.3 Å². The molecule has 1 heteroatoms. The zero-order valence-corrected chi connectivity index (χ0v) is 11.3. The summed E-state index contributed by atoms with van der Waals surface area (Å²) in [5, 5.41) is 0. The number of hydrogen-bond donors (Lipinski definition) is 1. The summed E-state index contributed by atoms with van der Waals surface area (Å²) in [6.45, 7) is 0. The smallest absolute Gasteiger partial charge is 0.0326 e. The SMILES string of the molecule is NC(c1ccccc1C1CCC1)C1CCCCC1. The van der Waals surface area contributed by atoms with Crippen molar-refractivity contribution in [3.05, 3.63) is 35.4 Å². The third-order valence-corrected chi connectivity index (χ3v) is 5.06. The highest BCUT2D eigenvalue weighted by Crippen LogP contribution is 2.41. The molecule has 18 heavy (non-hydrogen) atoms. The second-order valence-corrected chi connectivity index (χ2v) is 6.18. The van der Waals surface area contributed by atoms with Gasteiger partial charge in [0.15, 0.2) is 0 Å². The lowest BCUT2D eigenvalue weighted by molar-refractivity contribution is 0.304. The highest BCUT2D eigenvalue weighted by Gasteiger charge is 2.27. The van der Waals surface area contributed by atoms with Gasteiger partial charge in [0, 0.05) is 6.04 Å². The summed E-state index contributed by atoms with van der Waals surface area (Å²) in [6.07, 6.45) is 11.0. The van der Waals surface area contributed by atoms with Crippen LogP contribution in [0, 0.1) is 5.92 Å². The Bertz CT molecular complexity index is 388. The van der Waals surface area contributed by atoms with E-state index in [2.05, 4.69) is 24.3 Å². The molecule has 0 heterocycles. The van der Waals surface area contributed by atoms with Crippen molar-refractivity contribution in [2.75, 3.05) is 0 Å². The normalized spacial score (nSPS) is 23.6. The van der Waals surface area contributed by atoms with Crippen LogP contribution in [-0.4, -0.2) is 0 Å². The average molecular weight is 243 g/mol. The van der Waals surface area contributed by atoms with Crippen LogP contribution in [0.1, 0.15) is 74.5 Å². The van der Waals surface area contributed by atoms with E-state index < -0.39 is 0 Å². The van der Waals surface area contributed by atoms with Crippen LogP contribution in [0.4, 0.5) is 0 Å². The van der Waals surface area contributed by atoms with E-state index in [1.54, 1.807) is 5.56 Å². The number of nitrogens with two attached hydrogens (primary N) is 1. The van der Waals surface area contributed by atoms with Gasteiger partial charge in [-0.15, -0.1) is 0 Å². The Kier molecular flexibility index (Phi) is 3.69. The molecule has 2 saturated carbocycles. The van der Waals surface area contributed by atoms with Crippen LogP contribution in [0.3, 0.4) is 0 Å². The van der Waals surface area contributed by atoms with Crippen LogP contribution in [0.25, 0.3) is 0 Å². The number of hydrogen-bond acceptors (Lipinski definition) is 1. The van der Waals surface area contributed by atoms with Crippen molar-refractivity contribution in [2.45, 2.75) is 63.3 Å². The quantitative estimate of drug-likeness (QED) is 0.829. The van der Waals surface area contributed by atoms with Gasteiger partial charge in [-0.05, 0) is 48.6 Å². The summed E-state index contributed by atoms with van der Waals surface area (Å²) in [7, 11) is 0. The highest BCUT2D eigenvalue weighted by molar-refractivity contribution is 5.34. The van der Waals surface area contributed by atoms with Crippen LogP contribution in [0.5, 0.6) is 0 Å². The van der Waals surface area contributed by atoms with Crippen LogP contribution < -0.4 is 5.73 Å². The summed E-state index contributed by atoms with van der Waals surface area (Å²) < 4.78 is 0. The van der Waals surface area contributed by atoms with Gasteiger partial charge in [0.2, 0.25) is 0 Å². The summed E-state index contributed by atoms with van der Waals surface area (Å²) in [5.41, 5.74) is 9.60. The minimum Gasteiger partial charge on any atom is -0.324 e. The first-order valence-electron chi connectivity index (χ1n) is 7.70. The molecule has 0 bridgehead atoms. The molecule has 1 aromatic rings. The van der Waals surface area contributed by atoms with E-state index in [0.29, 0.717) is 0 Å². The molecule has 2 N–H and O–H groups in total. The summed E-state index contributed by atoms with van der Waals surface area (Å²) in [4.78, 5) is 0. The van der Waals surface area contributed by atoms with Gasteiger partial charge in [0.1, 0.15) is 0 Å². The summed E-state index contributed by atoms with van der Waals surface area (Å²) in [5.74, 6) is 1.52. The van der Waals surface area contributed by atoms with Crippen molar-refractivity contribution < 1.29 is 0 Å². The lowest BCUT2D eigenvalue weighted by Crippen LogP contribution is -2.26. The maximum atomic E-state index is 6.59. The topological polar surface area (TPSA) is 26.0 Å². The Morgan fingerprint density at radius 3 is 2.28 bits per heavy atom. The molecule has 2 aliphatic rings. The van der Waals surface area contributed by atoms with E-state index in [1.807, 2.05) is 0 Å². The minimum atomic E-state index is 0.280. The molecule has 0 aliphatic heterocycles. The second kappa shape index (κ2) is 5.44. The molecule has 2 fully saturated rings. The molecular formula is C17H25N. The molecule has 1 nitrogen and oxygen atoms in total. The van der Waals surface area contributed by atoms with Gasteiger partial charge < -0.3 is 5.73 Å². The first-order chi connectivity index (χ1) is 8.86. The van der Waals surface area contributed by atoms with Crippen molar-refractivity contribution >= 4 is 0 Å². The third-order valence-electron chi connectivity index (χ3n) is 5.06. The molecule has 0 spiro atoms. The predicted octanol–water partition coefficient (Wildman–Crippen LogP) is 4.53. The zero-order chi connectivity index (χ0) is 12.4. The largest absolute Gasteiger partial charge is 0.324 e. The third kappa shape index (κ3) is 2.33. The molecule has 2 aliphatic carbocycles. The molecule has 3 rings (SSSR count). The fraction of sp³-hybridized carbons (Fsp3) is 0.647. The molecule has 0 amide bonds. The molecule has 0 aromatic heterocycles. The lowest BCUT2D eigenvalue weighted by Gasteiger charge is -2.33. The van der Waals surface area contributed by atoms with Gasteiger partial charge >= 0.3 is 0 Å². The van der Waals surface area contributed by atoms with E-state index in [1.165, 1.54) is 56.9 Å². The van der Waals surface area contributed by atoms with Gasteiger partial charge in [0.05, 0.1) is 0 Å². The van der Waals surface area contributed by atoms with E-state index in [-0.39, 0.29) is 6.04 Å². The average Bonchev–Trinajstić information content (AvgIpc) is 2.38. The Hall–Kier alpha value is -0.820. The highest BCUT2D eigenvalue weighted by atomic mass is 14.7. The van der Waals surface area contributed by atoms with Gasteiger partial charge in [-0.2, -0.15) is 0 Å². The van der Waals surface area contributed by atoms with Crippen molar-refractivity contribution in [1.82, 2.24) is 0 Å². The van der Waals surface area contributed by atoms with E-state index in [0.717, 1.165) is 11.8 Å². The second-order valence-electron chi connectivity index (χ2n) is 6.18. The molecule has 0 radical (unpaired) electrons. The van der Waals surface area contributed by atoms with Crippen molar-refractivity contribution in [3.63, 3.8) is 0 Å². The zero-order valence-electron chi connectivity index (χ0n) is 11.3. The van der Waals surface area contributed by atoms with Gasteiger partial charge in [-0.1, -0.05) is 49.9 Å². The van der Waals surface area contributed by atoms with Crippen LogP contribution in [-0.2, 0) is 0 Å². The van der Waals surface area contributed by atoms with E-state index in [9.17, 15) is 0 Å². The van der Waals surface area contributed by atoms with Crippen molar-refractivity contribution in [1.29, 1.82) is 0 Å². The summed E-state index contributed by atoms with van der Waals surface area (Å²) >= 11 is 0. The standard InChI is InChI=1S/C17H25N/c18-17(14-7-2-1-3-8-14)16-12-5-4-11-15(16)13-9-6-10-13/h4-5,11-14,17H,1-3,6-10,18H2. The Morgan fingerprint density at radius 1 is 0.889 bits per heavy atom. The maximum absolute atomic E-state index is 6.59. The Balaban J connectivity index is 1.81. The fourth-order valence-corrected chi connectivity index (χ4v) is 3.65. The molecular weight excluding hydrogens is 218 g/mol. The van der Waals surface area contributed by atoms with Gasteiger partial charge in [0.25, 0.3) is 0 Å². The molecule has 1 aromatic carbocycles. The predicted molar refractivity (Wildman–Crippen MR) is 76.5 cm³/mol. The van der Waals surface area contributed by atoms with Gasteiger partial charge in [-0.3, -0.25) is 0 Å². The van der Waals surface area contributed by atoms with Gasteiger partial charge in [-0.25, -0.2) is 0 Å². The first kappa shape index (κ1) is 12.2. The Morgan fingerprint density at radius 2 is 1.61 bits per heavy atom.